The van der Waals surface area contributed by atoms with Crippen molar-refractivity contribution < 1.29 is 9.53 Å². The van der Waals surface area contributed by atoms with Gasteiger partial charge in [-0.15, -0.1) is 0 Å². The zero-order valence-corrected chi connectivity index (χ0v) is 18.1. The van der Waals surface area contributed by atoms with E-state index in [-0.39, 0.29) is 12.1 Å². The number of aliphatic imine (C=N–C) groups is 1. The Morgan fingerprint density at radius 3 is 2.70 bits per heavy atom. The number of aromatic nitrogens is 3. The van der Waals surface area contributed by atoms with Gasteiger partial charge >= 0.3 is 6.09 Å². The largest absolute Gasteiger partial charge is 0.444 e. The third-order valence-electron chi connectivity index (χ3n) is 4.57. The van der Waals surface area contributed by atoms with Gasteiger partial charge < -0.3 is 20.3 Å². The molecule has 0 saturated carbocycles. The quantitative estimate of drug-likeness (QED) is 0.577. The van der Waals surface area contributed by atoms with Crippen molar-refractivity contribution in [2.75, 3.05) is 19.6 Å². The summed E-state index contributed by atoms with van der Waals surface area (Å²) in [6, 6.07) is 8.14. The van der Waals surface area contributed by atoms with Crippen LogP contribution in [-0.4, -0.2) is 63.0 Å². The Morgan fingerprint density at radius 1 is 1.30 bits per heavy atom. The van der Waals surface area contributed by atoms with E-state index >= 15 is 0 Å². The van der Waals surface area contributed by atoms with Crippen molar-refractivity contribution in [1.29, 1.82) is 0 Å². The Bertz CT molecular complexity index is 841. The number of benzene rings is 1. The van der Waals surface area contributed by atoms with Crippen LogP contribution in [0, 0.1) is 0 Å². The summed E-state index contributed by atoms with van der Waals surface area (Å²) in [7, 11) is 0. The lowest BCUT2D eigenvalue weighted by molar-refractivity contribution is 0.0507. The molecule has 0 spiro atoms. The number of rotatable bonds is 5. The minimum atomic E-state index is -0.498. The lowest BCUT2D eigenvalue weighted by Gasteiger charge is -2.23. The average molecular weight is 414 g/mol. The number of hydrogen-bond acceptors (Lipinski definition) is 5. The molecule has 30 heavy (non-hydrogen) atoms. The molecule has 1 fully saturated rings. The zero-order chi connectivity index (χ0) is 21.6. The van der Waals surface area contributed by atoms with E-state index < -0.39 is 5.60 Å². The summed E-state index contributed by atoms with van der Waals surface area (Å²) in [4.78, 5) is 23.0. The van der Waals surface area contributed by atoms with Gasteiger partial charge in [0.2, 0.25) is 0 Å². The summed E-state index contributed by atoms with van der Waals surface area (Å²) >= 11 is 0. The highest BCUT2D eigenvalue weighted by Gasteiger charge is 2.27. The normalized spacial score (nSPS) is 17.1. The molecular weight excluding hydrogens is 382 g/mol. The van der Waals surface area contributed by atoms with Crippen LogP contribution in [0.4, 0.5) is 4.79 Å². The van der Waals surface area contributed by atoms with Crippen LogP contribution in [0.2, 0.25) is 0 Å². The molecule has 2 N–H and O–H groups in total. The maximum absolute atomic E-state index is 12.0. The molecule has 2 aromatic rings. The number of guanidine groups is 1. The lowest BCUT2D eigenvalue weighted by atomic mass is 10.2. The SMILES string of the molecule is CCNC(=NCc1ccc(-n2cncn2)cc1)N1CCC(NC(=O)OC(C)(C)C)C1. The molecule has 1 amide bonds. The van der Waals surface area contributed by atoms with Crippen LogP contribution < -0.4 is 10.6 Å². The van der Waals surface area contributed by atoms with E-state index in [9.17, 15) is 4.79 Å². The van der Waals surface area contributed by atoms with Crippen molar-refractivity contribution in [1.82, 2.24) is 30.3 Å². The van der Waals surface area contributed by atoms with Gasteiger partial charge in [-0.25, -0.2) is 19.5 Å². The molecule has 1 unspecified atom stereocenters. The number of nitrogens with zero attached hydrogens (tertiary/aromatic N) is 5. The molecule has 9 heteroatoms. The molecule has 0 bridgehead atoms. The summed E-state index contributed by atoms with van der Waals surface area (Å²) in [5.41, 5.74) is 1.57. The number of alkyl carbamates (subject to hydrolysis) is 1. The molecule has 3 rings (SSSR count). The Kier molecular flexibility index (Phi) is 6.91. The molecule has 1 aliphatic heterocycles. The van der Waals surface area contributed by atoms with E-state index in [1.54, 1.807) is 11.0 Å². The molecule has 2 heterocycles. The van der Waals surface area contributed by atoms with Gasteiger partial charge in [0.25, 0.3) is 0 Å². The second-order valence-corrected chi connectivity index (χ2v) is 8.25. The van der Waals surface area contributed by atoms with E-state index in [1.165, 1.54) is 6.33 Å². The van der Waals surface area contributed by atoms with Crippen molar-refractivity contribution in [3.05, 3.63) is 42.5 Å². The van der Waals surface area contributed by atoms with E-state index in [1.807, 2.05) is 45.0 Å². The van der Waals surface area contributed by atoms with Crippen LogP contribution in [0.25, 0.3) is 5.69 Å². The number of carbonyl (C=O) groups excluding carboxylic acids is 1. The number of amides is 1. The van der Waals surface area contributed by atoms with Crippen LogP contribution in [0.1, 0.15) is 39.7 Å². The molecule has 0 aliphatic carbocycles. The molecule has 1 saturated heterocycles. The van der Waals surface area contributed by atoms with Gasteiger partial charge in [-0.05, 0) is 51.8 Å². The first-order chi connectivity index (χ1) is 14.3. The molecule has 1 aromatic heterocycles. The number of ether oxygens (including phenoxy) is 1. The third-order valence-corrected chi connectivity index (χ3v) is 4.57. The van der Waals surface area contributed by atoms with Crippen LogP contribution >= 0.6 is 0 Å². The second kappa shape index (κ2) is 9.60. The fourth-order valence-electron chi connectivity index (χ4n) is 3.23. The Balaban J connectivity index is 1.57. The second-order valence-electron chi connectivity index (χ2n) is 8.25. The Labute approximate surface area is 177 Å². The fraction of sp³-hybridized carbons (Fsp3) is 0.524. The van der Waals surface area contributed by atoms with E-state index in [0.29, 0.717) is 13.1 Å². The van der Waals surface area contributed by atoms with Crippen molar-refractivity contribution in [2.45, 2.75) is 52.3 Å². The topological polar surface area (TPSA) is 96.7 Å². The van der Waals surface area contributed by atoms with Gasteiger partial charge in [-0.3, -0.25) is 0 Å². The summed E-state index contributed by atoms with van der Waals surface area (Å²) in [5.74, 6) is 0.853. The molecule has 0 radical (unpaired) electrons. The predicted molar refractivity (Wildman–Crippen MR) is 116 cm³/mol. The summed E-state index contributed by atoms with van der Waals surface area (Å²) < 4.78 is 7.08. The van der Waals surface area contributed by atoms with Crippen LogP contribution in [0.5, 0.6) is 0 Å². The standard InChI is InChI=1S/C21H31N7O2/c1-5-23-19(27-11-10-17(13-27)26-20(29)30-21(2,3)4)24-12-16-6-8-18(9-7-16)28-15-22-14-25-28/h6-9,14-15,17H,5,10-13H2,1-4H3,(H,23,24)(H,26,29). The average Bonchev–Trinajstić information content (AvgIpc) is 3.36. The smallest absolute Gasteiger partial charge is 0.407 e. The highest BCUT2D eigenvalue weighted by molar-refractivity contribution is 5.80. The number of likely N-dealkylation sites (tertiary alicyclic amines) is 1. The van der Waals surface area contributed by atoms with Crippen molar-refractivity contribution in [2.24, 2.45) is 4.99 Å². The van der Waals surface area contributed by atoms with E-state index in [0.717, 1.165) is 36.7 Å². The maximum atomic E-state index is 12.0. The molecule has 1 aliphatic rings. The first kappa shape index (κ1) is 21.6. The summed E-state index contributed by atoms with van der Waals surface area (Å²) in [6.07, 6.45) is 3.67. The highest BCUT2D eigenvalue weighted by Crippen LogP contribution is 2.13. The van der Waals surface area contributed by atoms with Crippen LogP contribution in [0.3, 0.4) is 0 Å². The zero-order valence-electron chi connectivity index (χ0n) is 18.1. The van der Waals surface area contributed by atoms with Gasteiger partial charge in [0.05, 0.1) is 18.3 Å². The van der Waals surface area contributed by atoms with Gasteiger partial charge in [-0.2, -0.15) is 5.10 Å². The van der Waals surface area contributed by atoms with Crippen molar-refractivity contribution >= 4 is 12.1 Å². The van der Waals surface area contributed by atoms with Gasteiger partial charge in [0.1, 0.15) is 18.3 Å². The van der Waals surface area contributed by atoms with Gasteiger partial charge in [0, 0.05) is 19.6 Å². The Hall–Kier alpha value is -3.10. The first-order valence-electron chi connectivity index (χ1n) is 10.3. The summed E-state index contributed by atoms with van der Waals surface area (Å²) in [5, 5.41) is 10.4. The number of carbonyl (C=O) groups is 1. The van der Waals surface area contributed by atoms with Crippen molar-refractivity contribution in [3.63, 3.8) is 0 Å². The predicted octanol–water partition coefficient (Wildman–Crippen LogP) is 2.33. The third kappa shape index (κ3) is 6.20. The van der Waals surface area contributed by atoms with Crippen LogP contribution in [-0.2, 0) is 11.3 Å². The monoisotopic (exact) mass is 413 g/mol. The van der Waals surface area contributed by atoms with E-state index in [2.05, 4.69) is 32.5 Å². The molecule has 1 aromatic carbocycles. The minimum Gasteiger partial charge on any atom is -0.444 e. The minimum absolute atomic E-state index is 0.0469. The van der Waals surface area contributed by atoms with E-state index in [4.69, 9.17) is 9.73 Å². The summed E-state index contributed by atoms with van der Waals surface area (Å²) in [6.45, 7) is 10.5. The lowest BCUT2D eigenvalue weighted by Crippen LogP contribution is -2.44. The first-order valence-corrected chi connectivity index (χ1v) is 10.3. The fourth-order valence-corrected chi connectivity index (χ4v) is 3.23. The maximum Gasteiger partial charge on any atom is 0.407 e. The molecule has 162 valence electrons. The van der Waals surface area contributed by atoms with Gasteiger partial charge in [0.15, 0.2) is 5.96 Å². The van der Waals surface area contributed by atoms with Crippen LogP contribution in [0.15, 0.2) is 41.9 Å². The highest BCUT2D eigenvalue weighted by atomic mass is 16.6. The molecule has 9 nitrogen and oxygen atoms in total. The number of hydrogen-bond donors (Lipinski definition) is 2. The van der Waals surface area contributed by atoms with Gasteiger partial charge in [-0.1, -0.05) is 12.1 Å². The number of nitrogens with one attached hydrogen (secondary N) is 2. The molecular formula is C21H31N7O2. The Morgan fingerprint density at radius 2 is 2.07 bits per heavy atom. The molecule has 1 atom stereocenters. The van der Waals surface area contributed by atoms with Crippen molar-refractivity contribution in [3.8, 4) is 5.69 Å².